The summed E-state index contributed by atoms with van der Waals surface area (Å²) in [5.41, 5.74) is 5.80. The lowest BCUT2D eigenvalue weighted by atomic mass is 10.1. The number of nitrogens with two attached hydrogens (primary N) is 1. The van der Waals surface area contributed by atoms with Crippen LogP contribution in [-0.2, 0) is 14.2 Å². The van der Waals surface area contributed by atoms with Gasteiger partial charge in [0.2, 0.25) is 0 Å². The van der Waals surface area contributed by atoms with Crippen molar-refractivity contribution in [2.24, 2.45) is 0 Å². The van der Waals surface area contributed by atoms with Crippen molar-refractivity contribution in [3.8, 4) is 0 Å². The first-order valence-corrected chi connectivity index (χ1v) is 8.19. The summed E-state index contributed by atoms with van der Waals surface area (Å²) in [5.74, 6) is 0.184. The molecule has 0 amide bonds. The Morgan fingerprint density at radius 3 is 2.91 bits per heavy atom. The molecule has 1 aromatic rings. The Hall–Kier alpha value is -0.790. The number of aliphatic hydroxyl groups is 1. The number of rotatable bonds is 7. The molecule has 2 heterocycles. The highest BCUT2D eigenvalue weighted by atomic mass is 127. The largest absolute Gasteiger partial charge is 0.394 e. The van der Waals surface area contributed by atoms with Crippen molar-refractivity contribution < 1.29 is 19.3 Å². The van der Waals surface area contributed by atoms with E-state index >= 15 is 0 Å². The molecule has 1 aliphatic heterocycles. The molecule has 2 rings (SSSR count). The molecule has 0 radical (unpaired) electrons. The zero-order valence-electron chi connectivity index (χ0n) is 12.9. The van der Waals surface area contributed by atoms with Crippen LogP contribution in [0.1, 0.15) is 11.8 Å². The second-order valence-electron chi connectivity index (χ2n) is 5.21. The summed E-state index contributed by atoms with van der Waals surface area (Å²) in [6.45, 7) is 2.31. The van der Waals surface area contributed by atoms with E-state index in [-0.39, 0.29) is 18.5 Å². The van der Waals surface area contributed by atoms with Crippen LogP contribution < -0.4 is 15.0 Å². The lowest BCUT2D eigenvalue weighted by molar-refractivity contribution is -0.0789. The number of nitrogens with zero attached hydrogens (tertiary/aromatic N) is 2. The molecular weight excluding hydrogens is 419 g/mol. The Bertz CT molecular complexity index is 584. The van der Waals surface area contributed by atoms with Gasteiger partial charge in [-0.1, -0.05) is 0 Å². The van der Waals surface area contributed by atoms with E-state index in [1.54, 1.807) is 20.2 Å². The lowest BCUT2D eigenvalue weighted by Crippen LogP contribution is -2.44. The molecule has 1 saturated heterocycles. The number of aliphatic hydroxyl groups excluding tert-OH is 1. The van der Waals surface area contributed by atoms with E-state index in [9.17, 15) is 9.90 Å². The molecule has 4 N–H and O–H groups in total. The maximum atomic E-state index is 12.2. The van der Waals surface area contributed by atoms with Crippen LogP contribution in [0.5, 0.6) is 0 Å². The summed E-state index contributed by atoms with van der Waals surface area (Å²) < 4.78 is 21.0. The zero-order chi connectivity index (χ0) is 17.0. The van der Waals surface area contributed by atoms with Crippen molar-refractivity contribution >= 4 is 28.7 Å². The van der Waals surface area contributed by atoms with Gasteiger partial charge in [-0.05, 0) is 6.92 Å². The van der Waals surface area contributed by atoms with Crippen LogP contribution in [0.15, 0.2) is 11.0 Å². The smallest absolute Gasteiger partial charge is 0.351 e. The van der Waals surface area contributed by atoms with Gasteiger partial charge in [-0.2, -0.15) is 4.98 Å². The minimum absolute atomic E-state index is 0.184. The van der Waals surface area contributed by atoms with Crippen LogP contribution in [0.25, 0.3) is 0 Å². The van der Waals surface area contributed by atoms with Gasteiger partial charge >= 0.3 is 5.69 Å². The normalized spacial score (nSPS) is 27.5. The van der Waals surface area contributed by atoms with Gasteiger partial charge in [0.05, 0.1) is 25.9 Å². The molecule has 4 atom stereocenters. The van der Waals surface area contributed by atoms with Crippen molar-refractivity contribution in [3.63, 3.8) is 0 Å². The zero-order valence-corrected chi connectivity index (χ0v) is 15.1. The number of anilines is 1. The average molecular weight is 440 g/mol. The Morgan fingerprint density at radius 1 is 1.57 bits per heavy atom. The van der Waals surface area contributed by atoms with Crippen LogP contribution in [0.4, 0.5) is 5.82 Å². The summed E-state index contributed by atoms with van der Waals surface area (Å²) in [6, 6.07) is -0.285. The van der Waals surface area contributed by atoms with Crippen LogP contribution in [0.3, 0.4) is 0 Å². The third-order valence-corrected chi connectivity index (χ3v) is 4.42. The summed E-state index contributed by atoms with van der Waals surface area (Å²) in [7, 11) is 1.58. The van der Waals surface area contributed by atoms with Crippen molar-refractivity contribution in [1.82, 2.24) is 13.1 Å². The van der Waals surface area contributed by atoms with Crippen LogP contribution in [0.2, 0.25) is 0 Å². The highest BCUT2D eigenvalue weighted by Gasteiger charge is 2.46. The average Bonchev–Trinajstić information content (AvgIpc) is 2.88. The molecular formula is C13H21IN4O5. The Morgan fingerprint density at radius 2 is 2.30 bits per heavy atom. The number of ether oxygens (including phenoxy) is 3. The van der Waals surface area contributed by atoms with Gasteiger partial charge in [-0.15, -0.1) is 0 Å². The summed E-state index contributed by atoms with van der Waals surface area (Å²) >= 11 is 1.98. The standard InChI is InChI=1S/C13H21IN4O5/c1-7-5-18(13(20)16-11(7)15)12-10(22-4-3-21-2)9(17-14)8(6-19)23-12/h5,8-10,12,17,19H,3-4,6H2,1-2H3,(H2,15,16,20)/t8-,9-,10-,12-/m1/s1. The molecule has 1 aromatic heterocycles. The molecule has 0 unspecified atom stereocenters. The van der Waals surface area contributed by atoms with E-state index in [1.807, 2.05) is 22.9 Å². The van der Waals surface area contributed by atoms with Crippen LogP contribution >= 0.6 is 22.9 Å². The quantitative estimate of drug-likeness (QED) is 0.291. The van der Waals surface area contributed by atoms with Crippen molar-refractivity contribution in [2.75, 3.05) is 32.7 Å². The molecule has 130 valence electrons. The topological polar surface area (TPSA) is 121 Å². The first-order valence-electron chi connectivity index (χ1n) is 7.11. The third kappa shape index (κ3) is 4.00. The number of hydrogen-bond acceptors (Lipinski definition) is 8. The van der Waals surface area contributed by atoms with Gasteiger partial charge in [0.1, 0.15) is 18.0 Å². The SMILES string of the molecule is COCCO[C@@H]1[C@H](NI)[C@@H](CO)O[C@H]1n1cc(C)c(N)nc1=O. The van der Waals surface area contributed by atoms with Gasteiger partial charge in [-0.25, -0.2) is 4.79 Å². The van der Waals surface area contributed by atoms with Crippen molar-refractivity contribution in [1.29, 1.82) is 0 Å². The number of methoxy groups -OCH3 is 1. The molecule has 0 aromatic carbocycles. The molecule has 1 fully saturated rings. The molecule has 9 nitrogen and oxygen atoms in total. The van der Waals surface area contributed by atoms with Crippen LogP contribution in [-0.4, -0.2) is 59.8 Å². The maximum Gasteiger partial charge on any atom is 0.351 e. The van der Waals surface area contributed by atoms with E-state index in [2.05, 4.69) is 8.51 Å². The molecule has 1 aliphatic rings. The molecule has 10 heteroatoms. The highest BCUT2D eigenvalue weighted by molar-refractivity contribution is 14.1. The summed E-state index contributed by atoms with van der Waals surface area (Å²) in [5, 5.41) is 9.52. The first kappa shape index (κ1) is 18.5. The fourth-order valence-electron chi connectivity index (χ4n) is 2.46. The van der Waals surface area contributed by atoms with Gasteiger partial charge in [-0.3, -0.25) is 8.10 Å². The monoisotopic (exact) mass is 440 g/mol. The predicted octanol–water partition coefficient (Wildman–Crippen LogP) is -0.637. The number of halogens is 1. The van der Waals surface area contributed by atoms with E-state index in [0.29, 0.717) is 18.8 Å². The highest BCUT2D eigenvalue weighted by Crippen LogP contribution is 2.31. The van der Waals surface area contributed by atoms with Gasteiger partial charge in [0, 0.05) is 41.7 Å². The molecule has 0 aliphatic carbocycles. The number of aryl methyl sites for hydroxylation is 1. The Balaban J connectivity index is 2.33. The van der Waals surface area contributed by atoms with E-state index in [4.69, 9.17) is 19.9 Å². The van der Waals surface area contributed by atoms with Crippen LogP contribution in [0, 0.1) is 6.92 Å². The first-order chi connectivity index (χ1) is 11.0. The van der Waals surface area contributed by atoms with E-state index in [1.165, 1.54) is 4.57 Å². The number of nitrogens with one attached hydrogen (secondary N) is 1. The van der Waals surface area contributed by atoms with Gasteiger partial charge in [0.25, 0.3) is 0 Å². The fourth-order valence-corrected chi connectivity index (χ4v) is 3.21. The number of nitrogen functional groups attached to an aromatic ring is 1. The van der Waals surface area contributed by atoms with E-state index < -0.39 is 24.1 Å². The van der Waals surface area contributed by atoms with E-state index in [0.717, 1.165) is 0 Å². The molecule has 0 bridgehead atoms. The lowest BCUT2D eigenvalue weighted by Gasteiger charge is -2.24. The van der Waals surface area contributed by atoms with Crippen molar-refractivity contribution in [3.05, 3.63) is 22.2 Å². The number of aromatic nitrogens is 2. The third-order valence-electron chi connectivity index (χ3n) is 3.70. The second-order valence-corrected chi connectivity index (χ2v) is 5.83. The molecule has 23 heavy (non-hydrogen) atoms. The summed E-state index contributed by atoms with van der Waals surface area (Å²) in [6.07, 6.45) is -0.113. The minimum atomic E-state index is -0.712. The van der Waals surface area contributed by atoms with Crippen molar-refractivity contribution in [2.45, 2.75) is 31.4 Å². The number of hydrogen-bond donors (Lipinski definition) is 3. The fraction of sp³-hybridized carbons (Fsp3) is 0.692. The minimum Gasteiger partial charge on any atom is -0.394 e. The molecule has 0 saturated carbocycles. The maximum absolute atomic E-state index is 12.2. The second kappa shape index (κ2) is 8.35. The summed E-state index contributed by atoms with van der Waals surface area (Å²) in [4.78, 5) is 16.0. The predicted molar refractivity (Wildman–Crippen MR) is 91.2 cm³/mol. The molecule has 0 spiro atoms. The Labute approximate surface area is 147 Å². The van der Waals surface area contributed by atoms with Gasteiger partial charge < -0.3 is 25.1 Å². The Kier molecular flexibility index (Phi) is 6.73. The van der Waals surface area contributed by atoms with Gasteiger partial charge in [0.15, 0.2) is 6.23 Å².